The number of anilines is 3. The lowest BCUT2D eigenvalue weighted by Crippen LogP contribution is -2.16. The van der Waals surface area contributed by atoms with Gasteiger partial charge in [-0.3, -0.25) is 0 Å². The van der Waals surface area contributed by atoms with Gasteiger partial charge in [-0.05, 0) is 76.9 Å². The van der Waals surface area contributed by atoms with E-state index >= 15 is 0 Å². The highest BCUT2D eigenvalue weighted by Crippen LogP contribution is 2.55. The highest BCUT2D eigenvalue weighted by molar-refractivity contribution is 6.03. The van der Waals surface area contributed by atoms with E-state index in [0.29, 0.717) is 0 Å². The molecule has 0 atom stereocenters. The average Bonchev–Trinajstić information content (AvgIpc) is 3.20. The molecule has 194 valence electrons. The minimum atomic E-state index is -0.0704. The zero-order valence-corrected chi connectivity index (χ0v) is 23.6. The Kier molecular flexibility index (Phi) is 5.64. The van der Waals surface area contributed by atoms with Crippen molar-refractivity contribution in [1.82, 2.24) is 0 Å². The summed E-state index contributed by atoms with van der Waals surface area (Å²) in [4.78, 5) is 2.48. The van der Waals surface area contributed by atoms with E-state index in [0.717, 1.165) is 5.69 Å². The van der Waals surface area contributed by atoms with Crippen molar-refractivity contribution in [2.45, 2.75) is 33.1 Å². The van der Waals surface area contributed by atoms with E-state index in [2.05, 4.69) is 160 Å². The zero-order valence-electron chi connectivity index (χ0n) is 23.6. The Bertz CT molecular complexity index is 1870. The molecular formula is C39H33N. The predicted octanol–water partition coefficient (Wildman–Crippen LogP) is 10.9. The summed E-state index contributed by atoms with van der Waals surface area (Å²) in [5.74, 6) is 0. The summed E-state index contributed by atoms with van der Waals surface area (Å²) >= 11 is 0. The molecule has 0 saturated carbocycles. The largest absolute Gasteiger partial charge is 0.309 e. The van der Waals surface area contributed by atoms with Crippen molar-refractivity contribution in [3.05, 3.63) is 150 Å². The number of fused-ring (bicyclic) bond motifs is 4. The second-order valence-corrected chi connectivity index (χ2v) is 11.6. The van der Waals surface area contributed by atoms with Gasteiger partial charge in [-0.15, -0.1) is 0 Å². The van der Waals surface area contributed by atoms with Crippen LogP contribution < -0.4 is 4.90 Å². The normalized spacial score (nSPS) is 13.2. The lowest BCUT2D eigenvalue weighted by atomic mass is 9.81. The molecule has 6 aromatic carbocycles. The van der Waals surface area contributed by atoms with Crippen LogP contribution in [0, 0.1) is 13.8 Å². The fraction of sp³-hybridized carbons (Fsp3) is 0.128. The number of benzene rings is 6. The maximum absolute atomic E-state index is 2.48. The van der Waals surface area contributed by atoms with Crippen LogP contribution in [0.5, 0.6) is 0 Å². The summed E-state index contributed by atoms with van der Waals surface area (Å²) in [6.07, 6.45) is 0. The molecule has 1 aliphatic carbocycles. The minimum Gasteiger partial charge on any atom is -0.309 e. The van der Waals surface area contributed by atoms with Crippen molar-refractivity contribution < 1.29 is 0 Å². The Morgan fingerprint density at radius 1 is 0.525 bits per heavy atom. The minimum absolute atomic E-state index is 0.0704. The van der Waals surface area contributed by atoms with Gasteiger partial charge < -0.3 is 4.90 Å². The van der Waals surface area contributed by atoms with Crippen LogP contribution in [0.25, 0.3) is 33.0 Å². The van der Waals surface area contributed by atoms with E-state index in [4.69, 9.17) is 0 Å². The molecule has 7 rings (SSSR count). The molecule has 40 heavy (non-hydrogen) atoms. The fourth-order valence-corrected chi connectivity index (χ4v) is 6.50. The van der Waals surface area contributed by atoms with Crippen LogP contribution in [-0.2, 0) is 5.41 Å². The third-order valence-electron chi connectivity index (χ3n) is 8.53. The first-order chi connectivity index (χ1) is 19.4. The second kappa shape index (κ2) is 9.24. The molecule has 0 N–H and O–H groups in total. The smallest absolute Gasteiger partial charge is 0.0546 e. The monoisotopic (exact) mass is 515 g/mol. The van der Waals surface area contributed by atoms with Crippen LogP contribution in [-0.4, -0.2) is 0 Å². The molecule has 0 unspecified atom stereocenters. The maximum Gasteiger partial charge on any atom is 0.0546 e. The summed E-state index contributed by atoms with van der Waals surface area (Å²) in [7, 11) is 0. The van der Waals surface area contributed by atoms with Crippen LogP contribution in [0.2, 0.25) is 0 Å². The average molecular weight is 516 g/mol. The molecule has 0 spiro atoms. The Hall–Kier alpha value is -4.62. The van der Waals surface area contributed by atoms with Gasteiger partial charge in [0.05, 0.1) is 11.4 Å². The number of aryl methyl sites for hydroxylation is 2. The highest BCUT2D eigenvalue weighted by atomic mass is 15.1. The SMILES string of the molecule is Cc1ccc2c(c1)C(C)(C)c1cc(C)cc(N(c3ccc(-c4ccccc4)cc3)c3cccc4ccccc34)c1-2. The molecule has 0 bridgehead atoms. The Labute approximate surface area is 237 Å². The van der Waals surface area contributed by atoms with Gasteiger partial charge in [-0.2, -0.15) is 0 Å². The zero-order chi connectivity index (χ0) is 27.4. The van der Waals surface area contributed by atoms with E-state index in [1.807, 2.05) is 0 Å². The van der Waals surface area contributed by atoms with Crippen molar-refractivity contribution in [2.24, 2.45) is 0 Å². The quantitative estimate of drug-likeness (QED) is 0.226. The number of hydrogen-bond donors (Lipinski definition) is 0. The predicted molar refractivity (Wildman–Crippen MR) is 171 cm³/mol. The van der Waals surface area contributed by atoms with Crippen LogP contribution >= 0.6 is 0 Å². The maximum atomic E-state index is 2.48. The number of nitrogens with zero attached hydrogens (tertiary/aromatic N) is 1. The third kappa shape index (κ3) is 3.85. The van der Waals surface area contributed by atoms with Crippen LogP contribution in [0.15, 0.2) is 127 Å². The molecule has 6 aromatic rings. The molecule has 0 saturated heterocycles. The molecular weight excluding hydrogens is 482 g/mol. The van der Waals surface area contributed by atoms with E-state index in [1.54, 1.807) is 0 Å². The molecule has 1 aliphatic rings. The first-order valence-corrected chi connectivity index (χ1v) is 14.1. The van der Waals surface area contributed by atoms with Gasteiger partial charge in [0.2, 0.25) is 0 Å². The standard InChI is InChI=1S/C39H33N/c1-26-17-22-33-34(23-26)39(3,4)35-24-27(2)25-37(38(33)35)40(36-16-10-14-30-13-8-9-15-32(30)36)31-20-18-29(19-21-31)28-11-6-5-7-12-28/h5-25H,1-4H3. The Morgan fingerprint density at radius 3 is 2.00 bits per heavy atom. The molecule has 0 aromatic heterocycles. The summed E-state index contributed by atoms with van der Waals surface area (Å²) in [5, 5.41) is 2.49. The summed E-state index contributed by atoms with van der Waals surface area (Å²) < 4.78 is 0. The fourth-order valence-electron chi connectivity index (χ4n) is 6.50. The molecule has 0 fully saturated rings. The van der Waals surface area contributed by atoms with Gasteiger partial charge in [-0.1, -0.05) is 123 Å². The van der Waals surface area contributed by atoms with Gasteiger partial charge in [0.15, 0.2) is 0 Å². The van der Waals surface area contributed by atoms with Crippen molar-refractivity contribution in [2.75, 3.05) is 4.90 Å². The molecule has 0 aliphatic heterocycles. The van der Waals surface area contributed by atoms with Crippen molar-refractivity contribution in [3.63, 3.8) is 0 Å². The van der Waals surface area contributed by atoms with E-state index in [1.165, 1.54) is 66.7 Å². The summed E-state index contributed by atoms with van der Waals surface area (Å²) in [5.41, 5.74) is 14.0. The number of hydrogen-bond acceptors (Lipinski definition) is 1. The van der Waals surface area contributed by atoms with Crippen LogP contribution in [0.1, 0.15) is 36.1 Å². The first-order valence-electron chi connectivity index (χ1n) is 14.1. The van der Waals surface area contributed by atoms with Crippen molar-refractivity contribution in [3.8, 4) is 22.3 Å². The first kappa shape index (κ1) is 24.4. The molecule has 0 amide bonds. The summed E-state index contributed by atoms with van der Waals surface area (Å²) in [6, 6.07) is 46.8. The molecule has 0 radical (unpaired) electrons. The second-order valence-electron chi connectivity index (χ2n) is 11.6. The van der Waals surface area contributed by atoms with Gasteiger partial charge in [-0.25, -0.2) is 0 Å². The lowest BCUT2D eigenvalue weighted by Gasteiger charge is -2.30. The van der Waals surface area contributed by atoms with Gasteiger partial charge in [0.25, 0.3) is 0 Å². The molecule has 1 heteroatoms. The highest BCUT2D eigenvalue weighted by Gasteiger charge is 2.38. The lowest BCUT2D eigenvalue weighted by molar-refractivity contribution is 0.659. The topological polar surface area (TPSA) is 3.24 Å². The molecule has 1 nitrogen and oxygen atoms in total. The van der Waals surface area contributed by atoms with Gasteiger partial charge in [0, 0.05) is 22.1 Å². The van der Waals surface area contributed by atoms with Crippen LogP contribution in [0.4, 0.5) is 17.1 Å². The summed E-state index contributed by atoms with van der Waals surface area (Å²) in [6.45, 7) is 9.17. The van der Waals surface area contributed by atoms with E-state index in [-0.39, 0.29) is 5.41 Å². The van der Waals surface area contributed by atoms with Gasteiger partial charge in [0.1, 0.15) is 0 Å². The van der Waals surface area contributed by atoms with Crippen LogP contribution in [0.3, 0.4) is 0 Å². The number of rotatable bonds is 4. The Morgan fingerprint density at radius 2 is 1.20 bits per heavy atom. The van der Waals surface area contributed by atoms with Crippen molar-refractivity contribution >= 4 is 27.8 Å². The van der Waals surface area contributed by atoms with E-state index < -0.39 is 0 Å². The third-order valence-corrected chi connectivity index (χ3v) is 8.53. The Balaban J connectivity index is 1.52. The molecule has 0 heterocycles. The van der Waals surface area contributed by atoms with Gasteiger partial charge >= 0.3 is 0 Å². The van der Waals surface area contributed by atoms with E-state index in [9.17, 15) is 0 Å². The van der Waals surface area contributed by atoms with Crippen molar-refractivity contribution in [1.29, 1.82) is 0 Å².